The molecule has 7 nitrogen and oxygen atoms in total. The van der Waals surface area contributed by atoms with Crippen LogP contribution in [0.5, 0.6) is 5.75 Å². The summed E-state index contributed by atoms with van der Waals surface area (Å²) in [7, 11) is 1.56. The highest BCUT2D eigenvalue weighted by atomic mass is 79.9. The maximum atomic E-state index is 13.3. The number of hydrogen-bond donors (Lipinski definition) is 2. The van der Waals surface area contributed by atoms with E-state index in [0.29, 0.717) is 28.1 Å². The van der Waals surface area contributed by atoms with Crippen molar-refractivity contribution in [1.82, 2.24) is 15.4 Å². The largest absolute Gasteiger partial charge is 0.496 e. The van der Waals surface area contributed by atoms with Gasteiger partial charge in [-0.1, -0.05) is 28.1 Å². The fourth-order valence-corrected chi connectivity index (χ4v) is 3.56. The molecule has 0 bridgehead atoms. The van der Waals surface area contributed by atoms with Crippen LogP contribution in [0.15, 0.2) is 71.5 Å². The third kappa shape index (κ3) is 3.66. The molecule has 1 atom stereocenters. The Bertz CT molecular complexity index is 1070. The van der Waals surface area contributed by atoms with Crippen molar-refractivity contribution in [1.29, 1.82) is 0 Å². The molecule has 0 radical (unpaired) electrons. The highest BCUT2D eigenvalue weighted by Gasteiger charge is 2.36. The second kappa shape index (κ2) is 7.92. The molecule has 0 spiro atoms. The molecule has 1 aliphatic heterocycles. The minimum absolute atomic E-state index is 0.325. The zero-order chi connectivity index (χ0) is 20.4. The lowest BCUT2D eigenvalue weighted by atomic mass is 10.0. The van der Waals surface area contributed by atoms with Gasteiger partial charge in [0.05, 0.1) is 12.7 Å². The lowest BCUT2D eigenvalue weighted by Crippen LogP contribution is -2.53. The third-order valence-corrected chi connectivity index (χ3v) is 5.07. The monoisotopic (exact) mass is 452 g/mol. The van der Waals surface area contributed by atoms with Crippen molar-refractivity contribution in [3.63, 3.8) is 0 Å². The number of nitrogens with one attached hydrogen (secondary N) is 2. The molecule has 2 heterocycles. The minimum atomic E-state index is -0.671. The standard InChI is InChI=1S/C21H17BrN4O3/c1-29-18-7-6-14(22)12-16(18)19-24-17-5-3-2-4-15(17)21(28)26(19)25-20(27)13-8-10-23-11-9-13/h2-12,19,24H,1H3,(H,25,27)/t19-/m1/s1. The van der Waals surface area contributed by atoms with Gasteiger partial charge in [0.1, 0.15) is 5.75 Å². The molecule has 4 rings (SSSR count). The Labute approximate surface area is 175 Å². The van der Waals surface area contributed by atoms with Gasteiger partial charge in [-0.25, -0.2) is 5.01 Å². The number of benzene rings is 2. The zero-order valence-corrected chi connectivity index (χ0v) is 17.0. The molecule has 3 aromatic rings. The summed E-state index contributed by atoms with van der Waals surface area (Å²) in [5.41, 5.74) is 4.96. The van der Waals surface area contributed by atoms with Crippen LogP contribution in [0.25, 0.3) is 0 Å². The summed E-state index contributed by atoms with van der Waals surface area (Å²) in [6.45, 7) is 0. The van der Waals surface area contributed by atoms with Crippen molar-refractivity contribution < 1.29 is 14.3 Å². The van der Waals surface area contributed by atoms with Crippen LogP contribution in [0.1, 0.15) is 32.4 Å². The van der Waals surface area contributed by atoms with E-state index in [-0.39, 0.29) is 5.91 Å². The van der Waals surface area contributed by atoms with Gasteiger partial charge in [-0.15, -0.1) is 0 Å². The number of methoxy groups -OCH3 is 1. The van der Waals surface area contributed by atoms with Crippen molar-refractivity contribution in [3.05, 3.63) is 88.2 Å². The van der Waals surface area contributed by atoms with Gasteiger partial charge in [0, 0.05) is 33.7 Å². The number of ether oxygens (including phenoxy) is 1. The van der Waals surface area contributed by atoms with Crippen LogP contribution in [0.2, 0.25) is 0 Å². The van der Waals surface area contributed by atoms with Gasteiger partial charge in [-0.05, 0) is 42.5 Å². The molecule has 29 heavy (non-hydrogen) atoms. The van der Waals surface area contributed by atoms with Gasteiger partial charge in [0.25, 0.3) is 11.8 Å². The summed E-state index contributed by atoms with van der Waals surface area (Å²) >= 11 is 3.47. The van der Waals surface area contributed by atoms with Crippen LogP contribution >= 0.6 is 15.9 Å². The van der Waals surface area contributed by atoms with E-state index < -0.39 is 12.1 Å². The first kappa shape index (κ1) is 18.9. The number of hydrazine groups is 1. The number of fused-ring (bicyclic) bond motifs is 1. The number of rotatable bonds is 4. The second-order valence-electron chi connectivity index (χ2n) is 6.33. The van der Waals surface area contributed by atoms with E-state index in [4.69, 9.17) is 4.74 Å². The Kier molecular flexibility index (Phi) is 5.18. The van der Waals surface area contributed by atoms with Gasteiger partial charge in [0.2, 0.25) is 0 Å². The number of aromatic nitrogens is 1. The lowest BCUT2D eigenvalue weighted by Gasteiger charge is -2.38. The molecule has 8 heteroatoms. The molecule has 0 unspecified atom stereocenters. The zero-order valence-electron chi connectivity index (χ0n) is 15.4. The van der Waals surface area contributed by atoms with Crippen LogP contribution in [0.3, 0.4) is 0 Å². The Balaban J connectivity index is 1.78. The molecule has 0 fully saturated rings. The Morgan fingerprint density at radius 3 is 2.69 bits per heavy atom. The smallest absolute Gasteiger partial charge is 0.276 e. The summed E-state index contributed by atoms with van der Waals surface area (Å²) in [4.78, 5) is 29.9. The second-order valence-corrected chi connectivity index (χ2v) is 7.25. The van der Waals surface area contributed by atoms with E-state index in [9.17, 15) is 9.59 Å². The molecular formula is C21H17BrN4O3. The maximum absolute atomic E-state index is 13.3. The number of para-hydroxylation sites is 1. The van der Waals surface area contributed by atoms with E-state index >= 15 is 0 Å². The highest BCUT2D eigenvalue weighted by molar-refractivity contribution is 9.10. The molecule has 0 saturated heterocycles. The topological polar surface area (TPSA) is 83.6 Å². The van der Waals surface area contributed by atoms with Crippen LogP contribution in [0, 0.1) is 0 Å². The molecular weight excluding hydrogens is 436 g/mol. The van der Waals surface area contributed by atoms with Gasteiger partial charge in [-0.3, -0.25) is 20.0 Å². The third-order valence-electron chi connectivity index (χ3n) is 4.58. The van der Waals surface area contributed by atoms with Gasteiger partial charge < -0.3 is 10.1 Å². The summed E-state index contributed by atoms with van der Waals surface area (Å²) in [5, 5.41) is 4.62. The van der Waals surface area contributed by atoms with Crippen LogP contribution in [0.4, 0.5) is 5.69 Å². The number of carbonyl (C=O) groups excluding carboxylic acids is 2. The molecule has 2 aromatic carbocycles. The number of halogens is 1. The van der Waals surface area contributed by atoms with Gasteiger partial charge >= 0.3 is 0 Å². The van der Waals surface area contributed by atoms with Crippen molar-refractivity contribution in [2.45, 2.75) is 6.17 Å². The number of nitrogens with zero attached hydrogens (tertiary/aromatic N) is 2. The average molecular weight is 453 g/mol. The Hall–Kier alpha value is -3.39. The lowest BCUT2D eigenvalue weighted by molar-refractivity contribution is 0.0488. The van der Waals surface area contributed by atoms with E-state index in [2.05, 4.69) is 31.7 Å². The fraction of sp³-hybridized carbons (Fsp3) is 0.0952. The van der Waals surface area contributed by atoms with Crippen LogP contribution < -0.4 is 15.5 Å². The Morgan fingerprint density at radius 1 is 1.17 bits per heavy atom. The van der Waals surface area contributed by atoms with Gasteiger partial charge in [-0.2, -0.15) is 0 Å². The summed E-state index contributed by atoms with van der Waals surface area (Å²) in [6.07, 6.45) is 2.38. The van der Waals surface area contributed by atoms with E-state index in [1.54, 1.807) is 37.4 Å². The highest BCUT2D eigenvalue weighted by Crippen LogP contribution is 2.37. The number of anilines is 1. The molecule has 1 aromatic heterocycles. The summed E-state index contributed by atoms with van der Waals surface area (Å²) < 4.78 is 6.32. The normalized spacial score (nSPS) is 15.3. The molecule has 146 valence electrons. The average Bonchev–Trinajstić information content (AvgIpc) is 2.76. The molecule has 0 saturated carbocycles. The molecule has 2 amide bonds. The first-order valence-corrected chi connectivity index (χ1v) is 9.61. The number of amides is 2. The number of carbonyl (C=O) groups is 2. The summed E-state index contributed by atoms with van der Waals surface area (Å²) in [5.74, 6) is -0.157. The maximum Gasteiger partial charge on any atom is 0.276 e. The molecule has 2 N–H and O–H groups in total. The van der Waals surface area contributed by atoms with E-state index in [1.807, 2.05) is 24.3 Å². The number of hydrogen-bond acceptors (Lipinski definition) is 5. The first-order chi connectivity index (χ1) is 14.1. The quantitative estimate of drug-likeness (QED) is 0.629. The predicted octanol–water partition coefficient (Wildman–Crippen LogP) is 3.76. The van der Waals surface area contributed by atoms with E-state index in [0.717, 1.165) is 4.47 Å². The molecule has 0 aliphatic carbocycles. The van der Waals surface area contributed by atoms with Gasteiger partial charge in [0.15, 0.2) is 6.17 Å². The molecule has 1 aliphatic rings. The first-order valence-electron chi connectivity index (χ1n) is 8.82. The van der Waals surface area contributed by atoms with Crippen molar-refractivity contribution in [2.75, 3.05) is 12.4 Å². The fourth-order valence-electron chi connectivity index (χ4n) is 3.18. The van der Waals surface area contributed by atoms with Crippen molar-refractivity contribution in [2.24, 2.45) is 0 Å². The van der Waals surface area contributed by atoms with Crippen molar-refractivity contribution in [3.8, 4) is 5.75 Å². The Morgan fingerprint density at radius 2 is 1.93 bits per heavy atom. The predicted molar refractivity (Wildman–Crippen MR) is 111 cm³/mol. The van der Waals surface area contributed by atoms with Crippen LogP contribution in [-0.4, -0.2) is 28.9 Å². The van der Waals surface area contributed by atoms with Crippen molar-refractivity contribution >= 4 is 33.4 Å². The summed E-state index contributed by atoms with van der Waals surface area (Å²) in [6, 6.07) is 15.8. The minimum Gasteiger partial charge on any atom is -0.496 e. The van der Waals surface area contributed by atoms with Crippen LogP contribution in [-0.2, 0) is 0 Å². The van der Waals surface area contributed by atoms with E-state index in [1.165, 1.54) is 17.4 Å². The number of pyridine rings is 1. The SMILES string of the molecule is COc1ccc(Br)cc1[C@@H]1Nc2ccccc2C(=O)N1NC(=O)c1ccncc1.